The molecule has 1 unspecified atom stereocenters. The maximum atomic E-state index is 4.82. The number of thiazole rings is 1. The lowest BCUT2D eigenvalue weighted by Gasteiger charge is -2.36. The molecule has 1 aliphatic carbocycles. The topological polar surface area (TPSA) is 50.7 Å². The monoisotopic (exact) mass is 302 g/mol. The van der Waals surface area contributed by atoms with Gasteiger partial charge in [-0.05, 0) is 31.7 Å². The number of rotatable bonds is 3. The van der Waals surface area contributed by atoms with Crippen molar-refractivity contribution in [2.75, 3.05) is 6.54 Å². The normalized spacial score (nSPS) is 20.3. The number of aromatic nitrogens is 3. The van der Waals surface area contributed by atoms with Gasteiger partial charge in [-0.2, -0.15) is 0 Å². The zero-order chi connectivity index (χ0) is 15.0. The molecular weight excluding hydrogens is 280 g/mol. The van der Waals surface area contributed by atoms with Gasteiger partial charge in [0.1, 0.15) is 0 Å². The van der Waals surface area contributed by atoms with E-state index in [0.717, 1.165) is 35.9 Å². The average Bonchev–Trinajstić information content (AvgIpc) is 2.84. The fourth-order valence-electron chi connectivity index (χ4n) is 3.04. The third-order valence-electron chi connectivity index (χ3n) is 3.94. The van der Waals surface area contributed by atoms with E-state index in [0.29, 0.717) is 6.04 Å². The first kappa shape index (κ1) is 14.6. The van der Waals surface area contributed by atoms with E-state index in [-0.39, 0.29) is 5.41 Å². The van der Waals surface area contributed by atoms with Gasteiger partial charge in [-0.3, -0.25) is 0 Å². The van der Waals surface area contributed by atoms with Gasteiger partial charge >= 0.3 is 0 Å². The molecule has 1 N–H and O–H groups in total. The van der Waals surface area contributed by atoms with E-state index < -0.39 is 0 Å². The summed E-state index contributed by atoms with van der Waals surface area (Å²) in [5, 5.41) is 6.53. The molecule has 3 rings (SSSR count). The second-order valence-electron chi connectivity index (χ2n) is 6.55. The third-order valence-corrected chi connectivity index (χ3v) is 4.90. The van der Waals surface area contributed by atoms with Crippen LogP contribution in [0.3, 0.4) is 0 Å². The Kier molecular flexibility index (Phi) is 3.80. The summed E-state index contributed by atoms with van der Waals surface area (Å²) in [6, 6.07) is 0.362. The summed E-state index contributed by atoms with van der Waals surface area (Å²) in [5.41, 5.74) is 3.73. The molecule has 2 heterocycles. The minimum absolute atomic E-state index is 0.268. The van der Waals surface area contributed by atoms with Crippen LogP contribution in [0.2, 0.25) is 0 Å². The first-order valence-electron chi connectivity index (χ1n) is 7.50. The molecule has 0 aliphatic heterocycles. The summed E-state index contributed by atoms with van der Waals surface area (Å²) in [6.45, 7) is 9.75. The molecule has 0 spiro atoms. The fraction of sp³-hybridized carbons (Fsp3) is 0.562. The van der Waals surface area contributed by atoms with Gasteiger partial charge in [-0.1, -0.05) is 20.8 Å². The van der Waals surface area contributed by atoms with E-state index in [1.165, 1.54) is 11.3 Å². The van der Waals surface area contributed by atoms with Gasteiger partial charge in [-0.25, -0.2) is 15.0 Å². The highest BCUT2D eigenvalue weighted by molar-refractivity contribution is 7.13. The highest BCUT2D eigenvalue weighted by atomic mass is 32.1. The van der Waals surface area contributed by atoms with Crippen LogP contribution in [0.5, 0.6) is 0 Å². The molecular formula is C16H22N4S. The van der Waals surface area contributed by atoms with Crippen molar-refractivity contribution < 1.29 is 0 Å². The number of hydrogen-bond acceptors (Lipinski definition) is 5. The molecule has 0 amide bonds. The summed E-state index contributed by atoms with van der Waals surface area (Å²) < 4.78 is 0. The Hall–Kier alpha value is -1.33. The lowest BCUT2D eigenvalue weighted by Crippen LogP contribution is -2.34. The minimum atomic E-state index is 0.268. The second-order valence-corrected chi connectivity index (χ2v) is 7.40. The Morgan fingerprint density at radius 3 is 2.86 bits per heavy atom. The molecule has 4 nitrogen and oxygen atoms in total. The summed E-state index contributed by atoms with van der Waals surface area (Å²) in [6.07, 6.45) is 4.13. The molecule has 0 bridgehead atoms. The highest BCUT2D eigenvalue weighted by Gasteiger charge is 2.33. The lowest BCUT2D eigenvalue weighted by molar-refractivity contribution is 0.255. The lowest BCUT2D eigenvalue weighted by atomic mass is 9.74. The van der Waals surface area contributed by atoms with E-state index >= 15 is 0 Å². The average molecular weight is 302 g/mol. The fourth-order valence-corrected chi connectivity index (χ4v) is 3.77. The Morgan fingerprint density at radius 1 is 1.38 bits per heavy atom. The van der Waals surface area contributed by atoms with Gasteiger partial charge in [0.15, 0.2) is 10.8 Å². The number of aryl methyl sites for hydroxylation is 1. The van der Waals surface area contributed by atoms with E-state index in [4.69, 9.17) is 4.98 Å². The van der Waals surface area contributed by atoms with Crippen molar-refractivity contribution in [3.8, 4) is 10.8 Å². The molecule has 21 heavy (non-hydrogen) atoms. The van der Waals surface area contributed by atoms with Crippen molar-refractivity contribution in [2.24, 2.45) is 5.41 Å². The predicted molar refractivity (Wildman–Crippen MR) is 86.4 cm³/mol. The van der Waals surface area contributed by atoms with Crippen molar-refractivity contribution >= 4 is 11.3 Å². The van der Waals surface area contributed by atoms with Gasteiger partial charge in [0.05, 0.1) is 0 Å². The highest BCUT2D eigenvalue weighted by Crippen LogP contribution is 2.40. The predicted octanol–water partition coefficient (Wildman–Crippen LogP) is 3.53. The van der Waals surface area contributed by atoms with E-state index in [9.17, 15) is 0 Å². The van der Waals surface area contributed by atoms with Crippen molar-refractivity contribution in [3.05, 3.63) is 28.5 Å². The van der Waals surface area contributed by atoms with Crippen LogP contribution in [0.4, 0.5) is 0 Å². The molecule has 2 aromatic rings. The van der Waals surface area contributed by atoms with E-state index in [1.54, 1.807) is 11.3 Å². The maximum Gasteiger partial charge on any atom is 0.188 e. The van der Waals surface area contributed by atoms with Crippen LogP contribution >= 0.6 is 11.3 Å². The van der Waals surface area contributed by atoms with Gasteiger partial charge in [-0.15, -0.1) is 11.3 Å². The zero-order valence-electron chi connectivity index (χ0n) is 13.1. The summed E-state index contributed by atoms with van der Waals surface area (Å²) in [5.74, 6) is 0.764. The molecule has 0 fully saturated rings. The number of hydrogen-bond donors (Lipinski definition) is 1. The van der Waals surface area contributed by atoms with Crippen molar-refractivity contribution in [2.45, 2.75) is 46.6 Å². The summed E-state index contributed by atoms with van der Waals surface area (Å²) in [4.78, 5) is 13.9. The van der Waals surface area contributed by atoms with Crippen LogP contribution in [-0.4, -0.2) is 21.5 Å². The Morgan fingerprint density at radius 2 is 2.19 bits per heavy atom. The third kappa shape index (κ3) is 2.99. The molecule has 1 atom stereocenters. The van der Waals surface area contributed by atoms with Crippen molar-refractivity contribution in [1.29, 1.82) is 0 Å². The van der Waals surface area contributed by atoms with Crippen LogP contribution in [0.1, 0.15) is 50.2 Å². The molecule has 0 radical (unpaired) electrons. The minimum Gasteiger partial charge on any atom is -0.310 e. The van der Waals surface area contributed by atoms with Crippen LogP contribution in [-0.2, 0) is 6.42 Å². The van der Waals surface area contributed by atoms with Crippen LogP contribution in [0.15, 0.2) is 11.6 Å². The Bertz CT molecular complexity index is 647. The Labute approximate surface area is 130 Å². The smallest absolute Gasteiger partial charge is 0.188 e. The molecule has 1 aliphatic rings. The first-order valence-corrected chi connectivity index (χ1v) is 8.38. The number of nitrogens with zero attached hydrogens (tertiary/aromatic N) is 3. The maximum absolute atomic E-state index is 4.82. The zero-order valence-corrected chi connectivity index (χ0v) is 13.9. The molecule has 2 aromatic heterocycles. The van der Waals surface area contributed by atoms with Crippen LogP contribution < -0.4 is 5.32 Å². The van der Waals surface area contributed by atoms with Gasteiger partial charge in [0.2, 0.25) is 0 Å². The Balaban J connectivity index is 2.00. The molecule has 0 aromatic carbocycles. The molecule has 112 valence electrons. The molecule has 5 heteroatoms. The van der Waals surface area contributed by atoms with Gasteiger partial charge in [0.25, 0.3) is 0 Å². The van der Waals surface area contributed by atoms with Crippen LogP contribution in [0.25, 0.3) is 10.8 Å². The van der Waals surface area contributed by atoms with Crippen LogP contribution in [0, 0.1) is 12.3 Å². The SMILES string of the molecule is CCNC1CC(C)(C)Cc2nc(-c3nc(C)cs3)ncc21. The largest absolute Gasteiger partial charge is 0.310 e. The second kappa shape index (κ2) is 5.46. The molecule has 0 saturated carbocycles. The molecule has 0 saturated heterocycles. The van der Waals surface area contributed by atoms with E-state index in [2.05, 4.69) is 36.1 Å². The number of fused-ring (bicyclic) bond motifs is 1. The van der Waals surface area contributed by atoms with Gasteiger partial charge in [0, 0.05) is 34.6 Å². The number of nitrogens with one attached hydrogen (secondary N) is 1. The van der Waals surface area contributed by atoms with Gasteiger partial charge < -0.3 is 5.32 Å². The quantitative estimate of drug-likeness (QED) is 0.942. The van der Waals surface area contributed by atoms with Crippen molar-refractivity contribution in [1.82, 2.24) is 20.3 Å². The summed E-state index contributed by atoms with van der Waals surface area (Å²) in [7, 11) is 0. The standard InChI is InChI=1S/C16H22N4S/c1-5-17-12-6-16(3,4)7-13-11(12)8-18-14(20-13)15-19-10(2)9-21-15/h8-9,12,17H,5-7H2,1-4H3. The van der Waals surface area contributed by atoms with Crippen molar-refractivity contribution in [3.63, 3.8) is 0 Å². The first-order chi connectivity index (χ1) is 9.98. The summed E-state index contributed by atoms with van der Waals surface area (Å²) >= 11 is 1.61. The van der Waals surface area contributed by atoms with E-state index in [1.807, 2.05) is 18.5 Å².